The molecule has 3 N–H and O–H groups in total. The third kappa shape index (κ3) is 4.15. The van der Waals surface area contributed by atoms with Crippen molar-refractivity contribution in [3.63, 3.8) is 0 Å². The zero-order valence-electron chi connectivity index (χ0n) is 16.6. The minimum absolute atomic E-state index is 0.0823. The molecule has 0 bridgehead atoms. The van der Waals surface area contributed by atoms with Crippen LogP contribution in [0.2, 0.25) is 0 Å². The molecular formula is C23H30N2O3. The van der Waals surface area contributed by atoms with Gasteiger partial charge in [0.2, 0.25) is 0 Å². The molecule has 4 rings (SSSR count). The summed E-state index contributed by atoms with van der Waals surface area (Å²) in [6.45, 7) is 0.782. The number of nitrogens with zero attached hydrogens (tertiary/aromatic N) is 1. The van der Waals surface area contributed by atoms with Gasteiger partial charge in [-0.15, -0.1) is 0 Å². The highest BCUT2D eigenvalue weighted by Gasteiger charge is 2.36. The van der Waals surface area contributed by atoms with Gasteiger partial charge in [-0.25, -0.2) is 0 Å². The number of rotatable bonds is 6. The van der Waals surface area contributed by atoms with Crippen molar-refractivity contribution in [2.75, 3.05) is 20.3 Å². The van der Waals surface area contributed by atoms with Gasteiger partial charge in [0.15, 0.2) is 0 Å². The Kier molecular flexibility index (Phi) is 5.56. The summed E-state index contributed by atoms with van der Waals surface area (Å²) >= 11 is 0. The average Bonchev–Trinajstić information content (AvgIpc) is 3.14. The first-order valence-corrected chi connectivity index (χ1v) is 10.2. The molecule has 0 unspecified atom stereocenters. The van der Waals surface area contributed by atoms with Crippen molar-refractivity contribution in [3.05, 3.63) is 53.3 Å². The maximum Gasteiger partial charge on any atom is 0.141 e. The molecule has 1 aromatic heterocycles. The molecule has 1 heterocycles. The van der Waals surface area contributed by atoms with Gasteiger partial charge >= 0.3 is 0 Å². The number of nitrogens with two attached hydrogens (primary N) is 1. The van der Waals surface area contributed by atoms with Crippen LogP contribution >= 0.6 is 0 Å². The van der Waals surface area contributed by atoms with E-state index in [9.17, 15) is 5.11 Å². The van der Waals surface area contributed by atoms with E-state index in [0.29, 0.717) is 24.2 Å². The molecule has 5 heteroatoms. The number of aliphatic hydroxyl groups excluding tert-OH is 1. The summed E-state index contributed by atoms with van der Waals surface area (Å²) in [7, 11) is 1.63. The van der Waals surface area contributed by atoms with E-state index in [-0.39, 0.29) is 6.61 Å². The number of methoxy groups -OCH3 is 1. The Balaban J connectivity index is 1.37. The molecule has 2 aliphatic carbocycles. The normalized spacial score (nSPS) is 26.7. The van der Waals surface area contributed by atoms with E-state index < -0.39 is 5.54 Å². The highest BCUT2D eigenvalue weighted by atomic mass is 16.5. The topological polar surface area (TPSA) is 77.6 Å². The Bertz CT molecular complexity index is 825. The molecule has 0 spiro atoms. The second-order valence-electron chi connectivity index (χ2n) is 8.47. The zero-order chi connectivity index (χ0) is 19.6. The first-order valence-electron chi connectivity index (χ1n) is 10.2. The van der Waals surface area contributed by atoms with Gasteiger partial charge in [-0.3, -0.25) is 4.98 Å². The number of hydrogen-bond donors (Lipinski definition) is 2. The van der Waals surface area contributed by atoms with E-state index >= 15 is 0 Å². The van der Waals surface area contributed by atoms with Crippen molar-refractivity contribution in [2.24, 2.45) is 11.7 Å². The van der Waals surface area contributed by atoms with Crippen LogP contribution in [0, 0.1) is 5.92 Å². The Labute approximate surface area is 166 Å². The first-order chi connectivity index (χ1) is 13.6. The quantitative estimate of drug-likeness (QED) is 0.802. The zero-order valence-corrected chi connectivity index (χ0v) is 16.6. The van der Waals surface area contributed by atoms with Crippen LogP contribution in [0.25, 0.3) is 0 Å². The van der Waals surface area contributed by atoms with Crippen molar-refractivity contribution in [1.82, 2.24) is 4.98 Å². The van der Waals surface area contributed by atoms with Gasteiger partial charge in [-0.2, -0.15) is 0 Å². The van der Waals surface area contributed by atoms with Crippen LogP contribution in [0.4, 0.5) is 0 Å². The van der Waals surface area contributed by atoms with E-state index in [0.717, 1.165) is 44.3 Å². The Hall–Kier alpha value is -2.11. The van der Waals surface area contributed by atoms with Gasteiger partial charge in [-0.05, 0) is 67.1 Å². The van der Waals surface area contributed by atoms with E-state index in [1.54, 1.807) is 19.5 Å². The van der Waals surface area contributed by atoms with Crippen LogP contribution in [-0.4, -0.2) is 36.0 Å². The summed E-state index contributed by atoms with van der Waals surface area (Å²) in [5, 5.41) is 9.53. The molecule has 2 aromatic rings. The largest absolute Gasteiger partial charge is 0.495 e. The summed E-state index contributed by atoms with van der Waals surface area (Å²) in [5.41, 5.74) is 10.2. The predicted molar refractivity (Wildman–Crippen MR) is 109 cm³/mol. The van der Waals surface area contributed by atoms with Crippen LogP contribution < -0.4 is 15.2 Å². The molecule has 0 amide bonds. The second-order valence-corrected chi connectivity index (χ2v) is 8.47. The summed E-state index contributed by atoms with van der Waals surface area (Å²) in [5.74, 6) is 2.47. The van der Waals surface area contributed by atoms with Gasteiger partial charge < -0.3 is 20.3 Å². The van der Waals surface area contributed by atoms with E-state index in [4.69, 9.17) is 15.2 Å². The fourth-order valence-electron chi connectivity index (χ4n) is 4.63. The number of pyridine rings is 1. The molecule has 0 radical (unpaired) electrons. The summed E-state index contributed by atoms with van der Waals surface area (Å²) in [4.78, 5) is 4.14. The van der Waals surface area contributed by atoms with Gasteiger partial charge in [0, 0.05) is 11.6 Å². The highest BCUT2D eigenvalue weighted by molar-refractivity contribution is 5.37. The lowest BCUT2D eigenvalue weighted by Crippen LogP contribution is -2.40. The number of benzene rings is 1. The maximum atomic E-state index is 9.53. The maximum absolute atomic E-state index is 9.53. The van der Waals surface area contributed by atoms with Crippen molar-refractivity contribution in [3.8, 4) is 11.5 Å². The molecule has 5 nitrogen and oxygen atoms in total. The Morgan fingerprint density at radius 1 is 1.18 bits per heavy atom. The van der Waals surface area contributed by atoms with E-state index in [1.165, 1.54) is 16.7 Å². The van der Waals surface area contributed by atoms with Gasteiger partial charge in [0.25, 0.3) is 0 Å². The molecule has 0 saturated heterocycles. The second kappa shape index (κ2) is 8.10. The highest BCUT2D eigenvalue weighted by Crippen LogP contribution is 2.40. The summed E-state index contributed by atoms with van der Waals surface area (Å²) in [6, 6.07) is 8.81. The lowest BCUT2D eigenvalue weighted by molar-refractivity contribution is 0.198. The third-order valence-corrected chi connectivity index (χ3v) is 6.40. The molecule has 1 fully saturated rings. The third-order valence-electron chi connectivity index (χ3n) is 6.40. The van der Waals surface area contributed by atoms with Crippen molar-refractivity contribution >= 4 is 0 Å². The molecule has 2 aliphatic rings. The van der Waals surface area contributed by atoms with Crippen molar-refractivity contribution in [1.29, 1.82) is 0 Å². The molecule has 28 heavy (non-hydrogen) atoms. The fraction of sp³-hybridized carbons (Fsp3) is 0.522. The van der Waals surface area contributed by atoms with Crippen molar-refractivity contribution < 1.29 is 14.6 Å². The number of fused-ring (bicyclic) bond motifs is 1. The number of hydrogen-bond acceptors (Lipinski definition) is 5. The minimum atomic E-state index is -0.391. The van der Waals surface area contributed by atoms with Gasteiger partial charge in [0.1, 0.15) is 11.5 Å². The van der Waals surface area contributed by atoms with Crippen LogP contribution in [0.1, 0.15) is 48.3 Å². The minimum Gasteiger partial charge on any atom is -0.495 e. The SMILES string of the molecule is COc1cncc(OC[C@H]2CCc3cc([C@H]4CC[C@](N)(CO)C4)ccc3C2)c1. The van der Waals surface area contributed by atoms with Crippen LogP contribution in [0.5, 0.6) is 11.5 Å². The molecule has 150 valence electrons. The Morgan fingerprint density at radius 3 is 2.82 bits per heavy atom. The van der Waals surface area contributed by atoms with Crippen LogP contribution in [0.15, 0.2) is 36.7 Å². The van der Waals surface area contributed by atoms with Gasteiger partial charge in [-0.1, -0.05) is 18.2 Å². The smallest absolute Gasteiger partial charge is 0.141 e. The number of ether oxygens (including phenoxy) is 2. The Morgan fingerprint density at radius 2 is 2.04 bits per heavy atom. The van der Waals surface area contributed by atoms with E-state index in [1.807, 2.05) is 6.07 Å². The average molecular weight is 383 g/mol. The monoisotopic (exact) mass is 382 g/mol. The summed E-state index contributed by atoms with van der Waals surface area (Å²) < 4.78 is 11.2. The van der Waals surface area contributed by atoms with Gasteiger partial charge in [0.05, 0.1) is 32.7 Å². The first kappa shape index (κ1) is 19.2. The predicted octanol–water partition coefficient (Wildman–Crippen LogP) is 3.23. The lowest BCUT2D eigenvalue weighted by Gasteiger charge is -2.26. The standard InChI is InChI=1S/C23H30N2O3/c1-27-21-10-22(13-25-12-21)28-14-16-2-3-18-9-19(5-4-17(18)8-16)20-6-7-23(24,11-20)15-26/h4-5,9-10,12-13,16,20,26H,2-3,6-8,11,14-15,24H2,1H3/t16-,20-,23+/m0/s1. The van der Waals surface area contributed by atoms with Crippen LogP contribution in [-0.2, 0) is 12.8 Å². The molecule has 3 atom stereocenters. The van der Waals surface area contributed by atoms with E-state index in [2.05, 4.69) is 23.2 Å². The van der Waals surface area contributed by atoms with Crippen molar-refractivity contribution in [2.45, 2.75) is 50.0 Å². The molecule has 1 saturated carbocycles. The lowest BCUT2D eigenvalue weighted by atomic mass is 9.82. The fourth-order valence-corrected chi connectivity index (χ4v) is 4.63. The summed E-state index contributed by atoms with van der Waals surface area (Å²) in [6.07, 6.45) is 9.55. The molecular weight excluding hydrogens is 352 g/mol. The number of aliphatic hydroxyl groups is 1. The molecule has 0 aliphatic heterocycles. The number of aryl methyl sites for hydroxylation is 1. The number of aromatic nitrogens is 1. The molecule has 1 aromatic carbocycles. The van der Waals surface area contributed by atoms with Crippen LogP contribution in [0.3, 0.4) is 0 Å².